The van der Waals surface area contributed by atoms with Crippen molar-refractivity contribution in [3.05, 3.63) is 58.7 Å². The summed E-state index contributed by atoms with van der Waals surface area (Å²) in [5, 5.41) is 0. The molecular formula is C16H21O2PS2. The fraction of sp³-hybridized carbons (Fsp3) is 0.250. The summed E-state index contributed by atoms with van der Waals surface area (Å²) in [4.78, 5) is 22.7. The lowest BCUT2D eigenvalue weighted by molar-refractivity contribution is 0.502. The lowest BCUT2D eigenvalue weighted by Gasteiger charge is -2.21. The molecule has 2 aromatic carbocycles. The Hall–Kier alpha value is -0.510. The average Bonchev–Trinajstić information content (AvgIpc) is 2.38. The van der Waals surface area contributed by atoms with E-state index in [0.29, 0.717) is 0 Å². The van der Waals surface area contributed by atoms with E-state index in [4.69, 9.17) is 0 Å². The molecule has 0 saturated carbocycles. The van der Waals surface area contributed by atoms with Crippen LogP contribution < -0.4 is 0 Å². The third-order valence-electron chi connectivity index (χ3n) is 3.77. The zero-order chi connectivity index (χ0) is 15.8. The molecule has 21 heavy (non-hydrogen) atoms. The highest BCUT2D eigenvalue weighted by atomic mass is 32.9. The van der Waals surface area contributed by atoms with Crippen LogP contribution in [0, 0.1) is 27.7 Å². The highest BCUT2D eigenvalue weighted by Gasteiger charge is 2.20. The third kappa shape index (κ3) is 3.46. The van der Waals surface area contributed by atoms with E-state index in [1.54, 1.807) is 0 Å². The largest absolute Gasteiger partial charge is 0.341 e. The first-order valence-electron chi connectivity index (χ1n) is 6.68. The minimum atomic E-state index is -3.34. The van der Waals surface area contributed by atoms with Gasteiger partial charge in [-0.3, -0.25) is 0 Å². The Morgan fingerprint density at radius 2 is 1.19 bits per heavy atom. The number of aryl methyl sites for hydroxylation is 2. The second-order valence-corrected chi connectivity index (χ2v) is 12.8. The number of rotatable bonds is 2. The van der Waals surface area contributed by atoms with Gasteiger partial charge in [0.05, 0.1) is 0 Å². The topological polar surface area (TPSA) is 40.5 Å². The van der Waals surface area contributed by atoms with Crippen molar-refractivity contribution in [3.63, 3.8) is 0 Å². The Labute approximate surface area is 134 Å². The number of thiol groups is 1. The van der Waals surface area contributed by atoms with Gasteiger partial charge in [0.15, 0.2) is 0 Å². The van der Waals surface area contributed by atoms with Gasteiger partial charge < -0.3 is 9.79 Å². The molecule has 2 nitrogen and oxygen atoms in total. The molecule has 0 amide bonds. The van der Waals surface area contributed by atoms with Gasteiger partial charge in [-0.1, -0.05) is 46.6 Å². The zero-order valence-corrected chi connectivity index (χ0v) is 15.3. The molecule has 0 heterocycles. The summed E-state index contributed by atoms with van der Waals surface area (Å²) in [5.41, 5.74) is 1.16. The molecule has 0 aliphatic heterocycles. The predicted molar refractivity (Wildman–Crippen MR) is 96.1 cm³/mol. The molecule has 0 aliphatic rings. The highest BCUT2D eigenvalue weighted by Crippen LogP contribution is 2.52. The molecule has 0 fully saturated rings. The van der Waals surface area contributed by atoms with E-state index in [-0.39, 0.29) is 0 Å². The van der Waals surface area contributed by atoms with E-state index in [9.17, 15) is 9.79 Å². The van der Waals surface area contributed by atoms with Crippen LogP contribution in [0.5, 0.6) is 0 Å². The van der Waals surface area contributed by atoms with Crippen LogP contribution in [0.3, 0.4) is 0 Å². The first kappa shape index (κ1) is 16.9. The molecule has 2 rings (SSSR count). The maximum absolute atomic E-state index is 10.4. The summed E-state index contributed by atoms with van der Waals surface area (Å²) in [7, 11) is -0.826. The first-order valence-corrected chi connectivity index (χ1v) is 11.4. The molecule has 0 unspecified atom stereocenters. The monoisotopic (exact) mass is 340 g/mol. The van der Waals surface area contributed by atoms with Gasteiger partial charge in [-0.05, 0) is 62.1 Å². The SMILES string of the molecule is Cc1cccc(S(c2cccc(C)c2C)=P(O)(O)S)c1C. The first-order chi connectivity index (χ1) is 9.73. The van der Waals surface area contributed by atoms with Crippen molar-refractivity contribution in [1.29, 1.82) is 0 Å². The van der Waals surface area contributed by atoms with Crippen LogP contribution >= 0.6 is 17.9 Å². The van der Waals surface area contributed by atoms with Crippen molar-refractivity contribution in [2.75, 3.05) is 0 Å². The lowest BCUT2D eigenvalue weighted by Crippen LogP contribution is -2.02. The molecule has 2 N–H and O–H groups in total. The van der Waals surface area contributed by atoms with Gasteiger partial charge in [0.25, 0.3) is 0 Å². The van der Waals surface area contributed by atoms with Crippen LogP contribution in [0.1, 0.15) is 22.3 Å². The predicted octanol–water partition coefficient (Wildman–Crippen LogP) is 4.55. The summed E-state index contributed by atoms with van der Waals surface area (Å²) in [6.07, 6.45) is 0. The van der Waals surface area contributed by atoms with Crippen molar-refractivity contribution in [1.82, 2.24) is 0 Å². The molecule has 2 aromatic rings. The van der Waals surface area contributed by atoms with Gasteiger partial charge in [-0.25, -0.2) is 0 Å². The summed E-state index contributed by atoms with van der Waals surface area (Å²) in [6.45, 7) is 8.13. The Morgan fingerprint density at radius 1 is 0.810 bits per heavy atom. The lowest BCUT2D eigenvalue weighted by atomic mass is 10.1. The molecule has 5 heteroatoms. The molecule has 0 spiro atoms. The maximum atomic E-state index is 10.4. The van der Waals surface area contributed by atoms with E-state index >= 15 is 0 Å². The highest BCUT2D eigenvalue weighted by molar-refractivity contribution is 8.65. The second kappa shape index (κ2) is 6.31. The number of hydrogen-bond acceptors (Lipinski definition) is 0. The van der Waals surface area contributed by atoms with Crippen LogP contribution in [0.2, 0.25) is 0 Å². The zero-order valence-electron chi connectivity index (χ0n) is 12.7. The van der Waals surface area contributed by atoms with Gasteiger partial charge >= 0.3 is 0 Å². The van der Waals surface area contributed by atoms with Crippen LogP contribution in [-0.4, -0.2) is 9.79 Å². The van der Waals surface area contributed by atoms with Crippen LogP contribution in [0.25, 0.3) is 0 Å². The standard InChI is InChI=1S/C16H21O2PS2/c1-11-7-5-9-15(13(11)3)21(19(17,18)20)16-10-6-8-12(2)14(16)4/h5-10,17-18,20H,1-4H3. The number of hydrogen-bond donors (Lipinski definition) is 3. The van der Waals surface area contributed by atoms with Gasteiger partial charge in [-0.2, -0.15) is 0 Å². The van der Waals surface area contributed by atoms with Crippen LogP contribution in [0.4, 0.5) is 0 Å². The molecule has 0 radical (unpaired) electrons. The third-order valence-corrected chi connectivity index (χ3v) is 10.1. The van der Waals surface area contributed by atoms with Gasteiger partial charge in [0.2, 0.25) is 5.69 Å². The molecule has 114 valence electrons. The fourth-order valence-corrected chi connectivity index (χ4v) is 8.68. The Morgan fingerprint density at radius 3 is 1.52 bits per heavy atom. The summed E-state index contributed by atoms with van der Waals surface area (Å²) in [6, 6.07) is 12.0. The van der Waals surface area contributed by atoms with Crippen molar-refractivity contribution < 1.29 is 9.79 Å². The smallest absolute Gasteiger partial charge is 0.207 e. The minimum Gasteiger partial charge on any atom is -0.341 e. The van der Waals surface area contributed by atoms with Crippen LogP contribution in [0.15, 0.2) is 46.2 Å². The van der Waals surface area contributed by atoms with E-state index in [0.717, 1.165) is 32.0 Å². The molecule has 0 aliphatic carbocycles. The van der Waals surface area contributed by atoms with Crippen molar-refractivity contribution >= 4 is 28.0 Å². The quantitative estimate of drug-likeness (QED) is 0.554. The summed E-state index contributed by atoms with van der Waals surface area (Å²) < 4.78 is 0. The normalized spacial score (nSPS) is 12.0. The summed E-state index contributed by atoms with van der Waals surface area (Å²) in [5.74, 6) is 0. The van der Waals surface area contributed by atoms with Gasteiger partial charge in [0, 0.05) is 9.79 Å². The second-order valence-electron chi connectivity index (χ2n) is 5.19. The average molecular weight is 340 g/mol. The van der Waals surface area contributed by atoms with Gasteiger partial charge in [-0.15, -0.1) is 0 Å². The molecular weight excluding hydrogens is 319 g/mol. The fourth-order valence-electron chi connectivity index (χ4n) is 2.25. The van der Waals surface area contributed by atoms with Crippen molar-refractivity contribution in [3.8, 4) is 0 Å². The van der Waals surface area contributed by atoms with E-state index in [1.807, 2.05) is 64.1 Å². The molecule has 0 bridgehead atoms. The Bertz CT molecular complexity index is 686. The van der Waals surface area contributed by atoms with Gasteiger partial charge in [0.1, 0.15) is 0 Å². The van der Waals surface area contributed by atoms with E-state index in [1.165, 1.54) is 0 Å². The number of benzene rings is 2. The van der Waals surface area contributed by atoms with Crippen LogP contribution in [-0.2, 0) is 10.1 Å². The summed E-state index contributed by atoms with van der Waals surface area (Å²) >= 11 is 4.17. The molecule has 0 aromatic heterocycles. The molecule has 0 saturated heterocycles. The molecule has 0 atom stereocenters. The van der Waals surface area contributed by atoms with Crippen molar-refractivity contribution in [2.24, 2.45) is 0 Å². The maximum Gasteiger partial charge on any atom is 0.207 e. The van der Waals surface area contributed by atoms with Crippen molar-refractivity contribution in [2.45, 2.75) is 37.5 Å². The van der Waals surface area contributed by atoms with E-state index < -0.39 is 15.8 Å². The minimum absolute atomic E-state index is 0.826. The Balaban J connectivity index is 2.86. The van der Waals surface area contributed by atoms with E-state index in [2.05, 4.69) is 12.2 Å². The Kier molecular flexibility index (Phi) is 5.07.